The van der Waals surface area contributed by atoms with Crippen LogP contribution in [0, 0.1) is 0 Å². The van der Waals surface area contributed by atoms with Crippen LogP contribution in [0.3, 0.4) is 0 Å². The molecule has 0 atom stereocenters. The minimum atomic E-state index is -3.62. The van der Waals surface area contributed by atoms with E-state index in [9.17, 15) is 8.42 Å². The molecule has 0 aliphatic carbocycles. The molecule has 168 valence electrons. The molecule has 3 aromatic rings. The molecular weight excluding hydrogens is 426 g/mol. The van der Waals surface area contributed by atoms with E-state index >= 15 is 0 Å². The number of hydrogen-bond acceptors (Lipinski definition) is 4. The number of rotatable bonds is 9. The summed E-state index contributed by atoms with van der Waals surface area (Å²) in [5.74, 6) is 1.23. The van der Waals surface area contributed by atoms with Gasteiger partial charge in [-0.15, -0.1) is 11.8 Å². The summed E-state index contributed by atoms with van der Waals surface area (Å²) in [6.07, 6.45) is 3.69. The molecule has 0 spiro atoms. The van der Waals surface area contributed by atoms with Crippen molar-refractivity contribution in [1.29, 1.82) is 0 Å². The van der Waals surface area contributed by atoms with Crippen LogP contribution in [-0.2, 0) is 10.0 Å². The number of fused-ring (bicyclic) bond motifs is 1. The van der Waals surface area contributed by atoms with Crippen LogP contribution in [0.1, 0.15) is 76.0 Å². The van der Waals surface area contributed by atoms with Gasteiger partial charge in [-0.3, -0.25) is 4.40 Å². The summed E-state index contributed by atoms with van der Waals surface area (Å²) in [4.78, 5) is 4.76. The standard InChI is InChI=1S/C24H33N3O2S2/c1-16(2)19-14-20(17(3)4)24(21(15-19)18(5)6)31(28,29)26-11-13-30-23-9-7-8-22-25-10-12-27(22)23/h7-10,12,14-18,26H,11,13H2,1-6H3. The number of sulfonamides is 1. The lowest BCUT2D eigenvalue weighted by Gasteiger charge is -2.23. The van der Waals surface area contributed by atoms with E-state index in [2.05, 4.69) is 63.4 Å². The van der Waals surface area contributed by atoms with Crippen LogP contribution in [-0.4, -0.2) is 30.1 Å². The number of pyridine rings is 1. The molecule has 5 nitrogen and oxygen atoms in total. The Bertz CT molecular complexity index is 1120. The average Bonchev–Trinajstić information content (AvgIpc) is 3.19. The predicted molar refractivity (Wildman–Crippen MR) is 130 cm³/mol. The van der Waals surface area contributed by atoms with Crippen molar-refractivity contribution in [2.75, 3.05) is 12.3 Å². The van der Waals surface area contributed by atoms with Crippen molar-refractivity contribution in [2.45, 2.75) is 69.2 Å². The molecule has 0 amide bonds. The number of nitrogens with one attached hydrogen (secondary N) is 1. The Kier molecular flexibility index (Phi) is 7.50. The van der Waals surface area contributed by atoms with Crippen LogP contribution < -0.4 is 4.72 Å². The zero-order valence-corrected chi connectivity index (χ0v) is 20.8. The first-order valence-corrected chi connectivity index (χ1v) is 13.3. The SMILES string of the molecule is CC(C)c1cc(C(C)C)c(S(=O)(=O)NCCSc2cccc3nccn23)c(C(C)C)c1. The summed E-state index contributed by atoms with van der Waals surface area (Å²) in [7, 11) is -3.62. The molecule has 0 radical (unpaired) electrons. The summed E-state index contributed by atoms with van der Waals surface area (Å²) in [6.45, 7) is 12.9. The molecule has 0 saturated carbocycles. The predicted octanol–water partition coefficient (Wildman–Crippen LogP) is 5.78. The van der Waals surface area contributed by atoms with Crippen molar-refractivity contribution in [1.82, 2.24) is 14.1 Å². The molecule has 0 bridgehead atoms. The highest BCUT2D eigenvalue weighted by atomic mass is 32.2. The molecule has 0 aliphatic rings. The van der Waals surface area contributed by atoms with E-state index in [-0.39, 0.29) is 11.8 Å². The monoisotopic (exact) mass is 459 g/mol. The number of thioether (sulfide) groups is 1. The quantitative estimate of drug-likeness (QED) is 0.326. The topological polar surface area (TPSA) is 63.5 Å². The molecule has 1 N–H and O–H groups in total. The summed E-state index contributed by atoms with van der Waals surface area (Å²) in [5.41, 5.74) is 3.88. The van der Waals surface area contributed by atoms with Gasteiger partial charge in [-0.2, -0.15) is 0 Å². The van der Waals surface area contributed by atoms with Crippen molar-refractivity contribution in [3.8, 4) is 0 Å². The van der Waals surface area contributed by atoms with Gasteiger partial charge in [0.05, 0.1) is 9.92 Å². The molecule has 2 heterocycles. The molecule has 0 aliphatic heterocycles. The van der Waals surface area contributed by atoms with Crippen molar-refractivity contribution >= 4 is 27.4 Å². The Labute approximate surface area is 190 Å². The second kappa shape index (κ2) is 9.76. The Morgan fingerprint density at radius 2 is 1.65 bits per heavy atom. The minimum Gasteiger partial charge on any atom is -0.294 e. The highest BCUT2D eigenvalue weighted by molar-refractivity contribution is 7.99. The first-order chi connectivity index (χ1) is 14.6. The second-order valence-electron chi connectivity index (χ2n) is 8.76. The average molecular weight is 460 g/mol. The Morgan fingerprint density at radius 1 is 1.00 bits per heavy atom. The maximum Gasteiger partial charge on any atom is 0.241 e. The van der Waals surface area contributed by atoms with E-state index < -0.39 is 10.0 Å². The largest absolute Gasteiger partial charge is 0.294 e. The van der Waals surface area contributed by atoms with E-state index in [0.29, 0.717) is 23.1 Å². The van der Waals surface area contributed by atoms with Gasteiger partial charge in [0.15, 0.2) is 0 Å². The first-order valence-electron chi connectivity index (χ1n) is 10.8. The third-order valence-electron chi connectivity index (χ3n) is 5.38. The van der Waals surface area contributed by atoms with E-state index in [4.69, 9.17) is 0 Å². The fourth-order valence-electron chi connectivity index (χ4n) is 3.64. The molecule has 31 heavy (non-hydrogen) atoms. The minimum absolute atomic E-state index is 0.121. The van der Waals surface area contributed by atoms with Gasteiger partial charge in [0.25, 0.3) is 0 Å². The van der Waals surface area contributed by atoms with Crippen LogP contribution in [0.5, 0.6) is 0 Å². The van der Waals surface area contributed by atoms with Crippen LogP contribution in [0.15, 0.2) is 52.6 Å². The van der Waals surface area contributed by atoms with Gasteiger partial charge in [-0.1, -0.05) is 59.7 Å². The maximum absolute atomic E-state index is 13.4. The van der Waals surface area contributed by atoms with Crippen molar-refractivity contribution in [2.24, 2.45) is 0 Å². The van der Waals surface area contributed by atoms with Crippen molar-refractivity contribution < 1.29 is 8.42 Å². The Hall–Kier alpha value is -1.83. The molecule has 0 fully saturated rings. The van der Waals surface area contributed by atoms with E-state index in [1.54, 1.807) is 18.0 Å². The van der Waals surface area contributed by atoms with Gasteiger partial charge in [-0.05, 0) is 46.6 Å². The van der Waals surface area contributed by atoms with E-state index in [1.807, 2.05) is 28.8 Å². The molecule has 0 unspecified atom stereocenters. The molecule has 2 aromatic heterocycles. The number of hydrogen-bond donors (Lipinski definition) is 1. The maximum atomic E-state index is 13.4. The highest BCUT2D eigenvalue weighted by Gasteiger charge is 2.26. The van der Waals surface area contributed by atoms with E-state index in [0.717, 1.165) is 21.8 Å². The van der Waals surface area contributed by atoms with Gasteiger partial charge in [-0.25, -0.2) is 18.1 Å². The third-order valence-corrected chi connectivity index (χ3v) is 8.01. The van der Waals surface area contributed by atoms with Gasteiger partial charge in [0.1, 0.15) is 5.65 Å². The van der Waals surface area contributed by atoms with Crippen LogP contribution >= 0.6 is 11.8 Å². The fraction of sp³-hybridized carbons (Fsp3) is 0.458. The Balaban J connectivity index is 1.83. The number of benzene rings is 1. The summed E-state index contributed by atoms with van der Waals surface area (Å²) >= 11 is 1.61. The van der Waals surface area contributed by atoms with Gasteiger partial charge >= 0.3 is 0 Å². The zero-order chi connectivity index (χ0) is 22.8. The van der Waals surface area contributed by atoms with E-state index in [1.165, 1.54) is 5.56 Å². The molecule has 3 rings (SSSR count). The third kappa shape index (κ3) is 5.33. The summed E-state index contributed by atoms with van der Waals surface area (Å²) < 4.78 is 31.7. The smallest absolute Gasteiger partial charge is 0.241 e. The second-order valence-corrected chi connectivity index (χ2v) is 11.6. The van der Waals surface area contributed by atoms with Crippen molar-refractivity contribution in [3.05, 3.63) is 59.4 Å². The molecular formula is C24H33N3O2S2. The highest BCUT2D eigenvalue weighted by Crippen LogP contribution is 2.35. The van der Waals surface area contributed by atoms with Crippen molar-refractivity contribution in [3.63, 3.8) is 0 Å². The molecule has 1 aromatic carbocycles. The lowest BCUT2D eigenvalue weighted by Crippen LogP contribution is -2.28. The van der Waals surface area contributed by atoms with Gasteiger partial charge in [0.2, 0.25) is 10.0 Å². The lowest BCUT2D eigenvalue weighted by atomic mass is 9.89. The fourth-order valence-corrected chi connectivity index (χ4v) is 6.38. The molecule has 7 heteroatoms. The molecule has 0 saturated heterocycles. The summed E-state index contributed by atoms with van der Waals surface area (Å²) in [6, 6.07) is 10.1. The number of nitrogens with zero attached hydrogens (tertiary/aromatic N) is 2. The van der Waals surface area contributed by atoms with Crippen LogP contribution in [0.2, 0.25) is 0 Å². The summed E-state index contributed by atoms with van der Waals surface area (Å²) in [5, 5.41) is 1.04. The zero-order valence-electron chi connectivity index (χ0n) is 19.2. The number of imidazole rings is 1. The Morgan fingerprint density at radius 3 is 2.23 bits per heavy atom. The van der Waals surface area contributed by atoms with Gasteiger partial charge in [0, 0.05) is 24.7 Å². The first kappa shape index (κ1) is 23.8. The van der Waals surface area contributed by atoms with Crippen LogP contribution in [0.4, 0.5) is 0 Å². The number of aromatic nitrogens is 2. The lowest BCUT2D eigenvalue weighted by molar-refractivity contribution is 0.578. The van der Waals surface area contributed by atoms with Crippen LogP contribution in [0.25, 0.3) is 5.65 Å². The normalized spacial score (nSPS) is 12.5. The van der Waals surface area contributed by atoms with Gasteiger partial charge < -0.3 is 0 Å².